The third-order valence-corrected chi connectivity index (χ3v) is 5.74. The highest BCUT2D eigenvalue weighted by molar-refractivity contribution is 5.91. The maximum absolute atomic E-state index is 13.4. The summed E-state index contributed by atoms with van der Waals surface area (Å²) in [6, 6.07) is 28.9. The molecule has 8 nitrogen and oxygen atoms in total. The molecule has 0 atom stereocenters. The highest BCUT2D eigenvalue weighted by Gasteiger charge is 2.23. The number of benzene rings is 3. The van der Waals surface area contributed by atoms with Crippen molar-refractivity contribution in [3.63, 3.8) is 0 Å². The molecule has 0 aliphatic carbocycles. The lowest BCUT2D eigenvalue weighted by Gasteiger charge is -2.22. The zero-order valence-corrected chi connectivity index (χ0v) is 19.2. The Morgan fingerprint density at radius 1 is 0.917 bits per heavy atom. The van der Waals surface area contributed by atoms with E-state index in [9.17, 15) is 14.9 Å². The molecule has 0 radical (unpaired) electrons. The molecule has 0 aliphatic rings. The fourth-order valence-corrected chi connectivity index (χ4v) is 4.01. The van der Waals surface area contributed by atoms with Crippen molar-refractivity contribution in [3.8, 4) is 16.9 Å². The number of rotatable bonds is 8. The molecule has 5 aromatic rings. The van der Waals surface area contributed by atoms with Gasteiger partial charge in [0.05, 0.1) is 29.1 Å². The maximum Gasteiger partial charge on any atom is 0.290 e. The van der Waals surface area contributed by atoms with Crippen LogP contribution in [-0.4, -0.2) is 25.5 Å². The molecule has 36 heavy (non-hydrogen) atoms. The van der Waals surface area contributed by atoms with Gasteiger partial charge in [0.25, 0.3) is 11.6 Å². The van der Waals surface area contributed by atoms with E-state index in [1.807, 2.05) is 66.9 Å². The molecule has 2 heterocycles. The fraction of sp³-hybridized carbons (Fsp3) is 0.0714. The first-order valence-electron chi connectivity index (χ1n) is 11.3. The summed E-state index contributed by atoms with van der Waals surface area (Å²) in [5, 5.41) is 16.2. The summed E-state index contributed by atoms with van der Waals surface area (Å²) >= 11 is 0. The Labute approximate surface area is 207 Å². The lowest BCUT2D eigenvalue weighted by molar-refractivity contribution is -0.384. The van der Waals surface area contributed by atoms with Crippen LogP contribution in [0.25, 0.3) is 16.9 Å². The normalized spacial score (nSPS) is 10.8. The lowest BCUT2D eigenvalue weighted by atomic mass is 10.1. The van der Waals surface area contributed by atoms with Crippen LogP contribution in [0.2, 0.25) is 0 Å². The van der Waals surface area contributed by atoms with Crippen molar-refractivity contribution in [2.24, 2.45) is 0 Å². The molecule has 5 rings (SSSR count). The molecule has 0 spiro atoms. The average molecular weight is 479 g/mol. The Hall–Kier alpha value is -4.98. The topological polar surface area (TPSA) is 94.4 Å². The smallest absolute Gasteiger partial charge is 0.290 e. The molecule has 0 bridgehead atoms. The van der Waals surface area contributed by atoms with Crippen LogP contribution >= 0.6 is 0 Å². The average Bonchev–Trinajstić information content (AvgIpc) is 3.60. The molecule has 0 saturated carbocycles. The van der Waals surface area contributed by atoms with Crippen molar-refractivity contribution in [1.29, 1.82) is 0 Å². The SMILES string of the molecule is O=C(c1ccco1)N(Cc1ccccc1)Cc1cn(-c2ccccc2)nc1-c1cccc([N+](=O)[O-])c1. The molecule has 2 aromatic heterocycles. The minimum absolute atomic E-state index is 0.0273. The number of aromatic nitrogens is 2. The highest BCUT2D eigenvalue weighted by Crippen LogP contribution is 2.29. The molecule has 0 N–H and O–H groups in total. The molecular formula is C28H22N4O4. The third-order valence-electron chi connectivity index (χ3n) is 5.74. The summed E-state index contributed by atoms with van der Waals surface area (Å²) in [5.41, 5.74) is 3.68. The Morgan fingerprint density at radius 3 is 2.36 bits per heavy atom. The van der Waals surface area contributed by atoms with E-state index in [1.54, 1.807) is 33.8 Å². The van der Waals surface area contributed by atoms with Gasteiger partial charge in [-0.25, -0.2) is 4.68 Å². The Morgan fingerprint density at radius 2 is 1.67 bits per heavy atom. The molecule has 3 aromatic carbocycles. The number of furan rings is 1. The number of nitro groups is 1. The Bertz CT molecular complexity index is 1480. The molecule has 1 amide bonds. The van der Waals surface area contributed by atoms with Gasteiger partial charge >= 0.3 is 0 Å². The molecule has 0 fully saturated rings. The number of hydrogen-bond acceptors (Lipinski definition) is 5. The lowest BCUT2D eigenvalue weighted by Crippen LogP contribution is -2.30. The predicted octanol–water partition coefficient (Wildman–Crippen LogP) is 5.88. The van der Waals surface area contributed by atoms with Crippen LogP contribution in [0, 0.1) is 10.1 Å². The number of carbonyl (C=O) groups is 1. The first-order chi connectivity index (χ1) is 17.6. The van der Waals surface area contributed by atoms with Crippen molar-refractivity contribution >= 4 is 11.6 Å². The Balaban J connectivity index is 1.58. The number of amides is 1. The Kier molecular flexibility index (Phi) is 6.40. The minimum atomic E-state index is -0.431. The number of hydrogen-bond donors (Lipinski definition) is 0. The first-order valence-corrected chi connectivity index (χ1v) is 11.3. The van der Waals surface area contributed by atoms with Gasteiger partial charge in [0, 0.05) is 36.0 Å². The van der Waals surface area contributed by atoms with Gasteiger partial charge in [-0.2, -0.15) is 5.10 Å². The van der Waals surface area contributed by atoms with E-state index < -0.39 is 4.92 Å². The van der Waals surface area contributed by atoms with Crippen molar-refractivity contribution in [1.82, 2.24) is 14.7 Å². The summed E-state index contributed by atoms with van der Waals surface area (Å²) in [4.78, 5) is 26.1. The van der Waals surface area contributed by atoms with Crippen LogP contribution < -0.4 is 0 Å². The van der Waals surface area contributed by atoms with E-state index in [0.717, 1.165) is 16.8 Å². The van der Waals surface area contributed by atoms with E-state index in [0.29, 0.717) is 17.8 Å². The van der Waals surface area contributed by atoms with Crippen LogP contribution in [0.15, 0.2) is 114 Å². The molecule has 178 valence electrons. The fourth-order valence-electron chi connectivity index (χ4n) is 4.01. The molecular weight excluding hydrogens is 456 g/mol. The van der Waals surface area contributed by atoms with Crippen molar-refractivity contribution in [2.75, 3.05) is 0 Å². The molecule has 8 heteroatoms. The zero-order chi connectivity index (χ0) is 24.9. The van der Waals surface area contributed by atoms with Crippen LogP contribution in [0.1, 0.15) is 21.7 Å². The van der Waals surface area contributed by atoms with Crippen LogP contribution in [0.4, 0.5) is 5.69 Å². The van der Waals surface area contributed by atoms with Crippen LogP contribution in [-0.2, 0) is 13.1 Å². The van der Waals surface area contributed by atoms with E-state index >= 15 is 0 Å². The monoisotopic (exact) mass is 478 g/mol. The predicted molar refractivity (Wildman–Crippen MR) is 134 cm³/mol. The number of nitro benzene ring substituents is 1. The van der Waals surface area contributed by atoms with E-state index in [1.165, 1.54) is 18.4 Å². The number of para-hydroxylation sites is 1. The first kappa shape index (κ1) is 22.8. The minimum Gasteiger partial charge on any atom is -0.459 e. The molecule has 0 unspecified atom stereocenters. The van der Waals surface area contributed by atoms with E-state index in [-0.39, 0.29) is 23.9 Å². The molecule has 0 saturated heterocycles. The number of carbonyl (C=O) groups excluding carboxylic acids is 1. The number of nitrogens with zero attached hydrogens (tertiary/aromatic N) is 4. The van der Waals surface area contributed by atoms with Crippen molar-refractivity contribution in [3.05, 3.63) is 137 Å². The van der Waals surface area contributed by atoms with Crippen LogP contribution in [0.3, 0.4) is 0 Å². The highest BCUT2D eigenvalue weighted by atomic mass is 16.6. The maximum atomic E-state index is 13.4. The van der Waals surface area contributed by atoms with Gasteiger partial charge in [-0.1, -0.05) is 60.7 Å². The van der Waals surface area contributed by atoms with Gasteiger partial charge in [-0.15, -0.1) is 0 Å². The summed E-state index contributed by atoms with van der Waals surface area (Å²) in [6.07, 6.45) is 3.33. The van der Waals surface area contributed by atoms with Gasteiger partial charge in [0.15, 0.2) is 5.76 Å². The second-order valence-corrected chi connectivity index (χ2v) is 8.21. The van der Waals surface area contributed by atoms with E-state index in [4.69, 9.17) is 9.52 Å². The standard InChI is InChI=1S/C28H22N4O4/c33-28(26-15-8-16-36-26)30(18-21-9-3-1-4-10-21)19-23-20-31(24-12-5-2-6-13-24)29-27(23)22-11-7-14-25(17-22)32(34)35/h1-17,20H,18-19H2. The quantitative estimate of drug-likeness (QED) is 0.205. The van der Waals surface area contributed by atoms with Gasteiger partial charge in [0.2, 0.25) is 0 Å². The summed E-state index contributed by atoms with van der Waals surface area (Å²) in [5.74, 6) is -0.0282. The largest absolute Gasteiger partial charge is 0.459 e. The summed E-state index contributed by atoms with van der Waals surface area (Å²) in [6.45, 7) is 0.574. The third kappa shape index (κ3) is 4.92. The van der Waals surface area contributed by atoms with E-state index in [2.05, 4.69) is 0 Å². The van der Waals surface area contributed by atoms with Gasteiger partial charge in [-0.05, 0) is 29.8 Å². The summed E-state index contributed by atoms with van der Waals surface area (Å²) in [7, 11) is 0. The van der Waals surface area contributed by atoms with Gasteiger partial charge < -0.3 is 9.32 Å². The molecule has 0 aliphatic heterocycles. The zero-order valence-electron chi connectivity index (χ0n) is 19.2. The van der Waals surface area contributed by atoms with Crippen molar-refractivity contribution < 1.29 is 14.1 Å². The second-order valence-electron chi connectivity index (χ2n) is 8.21. The van der Waals surface area contributed by atoms with Gasteiger partial charge in [0.1, 0.15) is 0 Å². The van der Waals surface area contributed by atoms with Crippen LogP contribution in [0.5, 0.6) is 0 Å². The number of non-ortho nitro benzene ring substituents is 1. The van der Waals surface area contributed by atoms with Gasteiger partial charge in [-0.3, -0.25) is 14.9 Å². The van der Waals surface area contributed by atoms with Crippen molar-refractivity contribution in [2.45, 2.75) is 13.1 Å². The summed E-state index contributed by atoms with van der Waals surface area (Å²) < 4.78 is 7.12. The second kappa shape index (κ2) is 10.1.